The first-order valence-electron chi connectivity index (χ1n) is 9.34. The van der Waals surface area contributed by atoms with E-state index in [1.165, 1.54) is 44.6 Å². The van der Waals surface area contributed by atoms with E-state index >= 15 is 0 Å². The van der Waals surface area contributed by atoms with E-state index in [2.05, 4.69) is 10.0 Å². The number of rotatable bonds is 9. The molecule has 0 aliphatic carbocycles. The molecule has 168 valence electrons. The van der Waals surface area contributed by atoms with Crippen molar-refractivity contribution in [2.75, 3.05) is 30.9 Å². The summed E-state index contributed by atoms with van der Waals surface area (Å²) in [5, 5.41) is 3.09. The SMILES string of the molecule is COc1ccccc1OCC(=O)Nc1ccc(OC)c(S(=O)(=O)Nc2ccc(Cl)cc2)c1. The van der Waals surface area contributed by atoms with Crippen LogP contribution in [0.3, 0.4) is 0 Å². The van der Waals surface area contributed by atoms with Gasteiger partial charge in [0.05, 0.1) is 14.2 Å². The van der Waals surface area contributed by atoms with Crippen molar-refractivity contribution < 1.29 is 27.4 Å². The zero-order valence-electron chi connectivity index (χ0n) is 17.3. The summed E-state index contributed by atoms with van der Waals surface area (Å²) in [4.78, 5) is 12.2. The molecule has 10 heteroatoms. The summed E-state index contributed by atoms with van der Waals surface area (Å²) in [6.45, 7) is -0.294. The summed E-state index contributed by atoms with van der Waals surface area (Å²) in [5.74, 6) is 0.548. The number of methoxy groups -OCH3 is 2. The van der Waals surface area contributed by atoms with Crippen LogP contribution < -0.4 is 24.2 Å². The van der Waals surface area contributed by atoms with E-state index in [1.807, 2.05) is 0 Å². The average Bonchev–Trinajstić information content (AvgIpc) is 2.79. The van der Waals surface area contributed by atoms with Crippen LogP contribution in [-0.4, -0.2) is 35.2 Å². The fraction of sp³-hybridized carbons (Fsp3) is 0.136. The highest BCUT2D eigenvalue weighted by atomic mass is 35.5. The summed E-state index contributed by atoms with van der Waals surface area (Å²) < 4.78 is 44.1. The van der Waals surface area contributed by atoms with Crippen molar-refractivity contribution in [2.24, 2.45) is 0 Å². The Balaban J connectivity index is 1.75. The largest absolute Gasteiger partial charge is 0.495 e. The molecule has 0 heterocycles. The number of halogens is 1. The van der Waals surface area contributed by atoms with Gasteiger partial charge in [0.2, 0.25) is 0 Å². The number of nitrogens with one attached hydrogen (secondary N) is 2. The lowest BCUT2D eigenvalue weighted by Gasteiger charge is -2.14. The Morgan fingerprint density at radius 2 is 1.50 bits per heavy atom. The zero-order chi connectivity index (χ0) is 23.1. The molecule has 0 aliphatic heterocycles. The maximum absolute atomic E-state index is 12.9. The van der Waals surface area contributed by atoms with Gasteiger partial charge in [0.15, 0.2) is 18.1 Å². The molecule has 32 heavy (non-hydrogen) atoms. The molecule has 3 aromatic carbocycles. The van der Waals surface area contributed by atoms with Gasteiger partial charge in [-0.3, -0.25) is 9.52 Å². The Bertz CT molecular complexity index is 1200. The van der Waals surface area contributed by atoms with Crippen LogP contribution >= 0.6 is 11.6 Å². The maximum atomic E-state index is 12.9. The molecule has 0 radical (unpaired) electrons. The number of carbonyl (C=O) groups is 1. The van der Waals surface area contributed by atoms with Crippen molar-refractivity contribution in [1.82, 2.24) is 0 Å². The quantitative estimate of drug-likeness (QED) is 0.480. The van der Waals surface area contributed by atoms with Crippen LogP contribution in [0.5, 0.6) is 17.2 Å². The number of sulfonamides is 1. The first-order valence-corrected chi connectivity index (χ1v) is 11.2. The predicted octanol–water partition coefficient (Wildman–Crippen LogP) is 4.18. The number of hydrogen-bond acceptors (Lipinski definition) is 6. The Morgan fingerprint density at radius 1 is 0.875 bits per heavy atom. The minimum absolute atomic E-state index is 0.120. The number of carbonyl (C=O) groups excluding carboxylic acids is 1. The van der Waals surface area contributed by atoms with Gasteiger partial charge in [0.1, 0.15) is 10.6 Å². The molecule has 0 unspecified atom stereocenters. The first-order chi connectivity index (χ1) is 15.3. The predicted molar refractivity (Wildman–Crippen MR) is 122 cm³/mol. The summed E-state index contributed by atoms with van der Waals surface area (Å²) in [6, 6.07) is 17.4. The second kappa shape index (κ2) is 10.3. The molecule has 3 rings (SSSR count). The van der Waals surface area contributed by atoms with Crippen LogP contribution in [0.4, 0.5) is 11.4 Å². The third kappa shape index (κ3) is 5.83. The van der Waals surface area contributed by atoms with Gasteiger partial charge in [-0.25, -0.2) is 8.42 Å². The molecule has 8 nitrogen and oxygen atoms in total. The molecular weight excluding hydrogens is 456 g/mol. The number of ether oxygens (including phenoxy) is 3. The zero-order valence-corrected chi connectivity index (χ0v) is 18.9. The molecule has 0 spiro atoms. The van der Waals surface area contributed by atoms with E-state index in [9.17, 15) is 13.2 Å². The van der Waals surface area contributed by atoms with Crippen LogP contribution in [-0.2, 0) is 14.8 Å². The monoisotopic (exact) mass is 476 g/mol. The van der Waals surface area contributed by atoms with Crippen molar-refractivity contribution in [3.8, 4) is 17.2 Å². The molecule has 0 saturated heterocycles. The van der Waals surface area contributed by atoms with E-state index in [1.54, 1.807) is 36.4 Å². The van der Waals surface area contributed by atoms with Gasteiger partial charge in [0.25, 0.3) is 15.9 Å². The number of anilines is 2. The summed E-state index contributed by atoms with van der Waals surface area (Å²) in [6.07, 6.45) is 0. The Kier molecular flexibility index (Phi) is 7.45. The van der Waals surface area contributed by atoms with Crippen LogP contribution in [0.25, 0.3) is 0 Å². The second-order valence-corrected chi connectivity index (χ2v) is 8.55. The summed E-state index contributed by atoms with van der Waals surface area (Å²) in [5.41, 5.74) is 0.590. The van der Waals surface area contributed by atoms with E-state index in [0.717, 1.165) is 0 Å². The molecule has 0 aromatic heterocycles. The molecule has 0 fully saturated rings. The normalized spacial score (nSPS) is 10.8. The van der Waals surface area contributed by atoms with Crippen LogP contribution in [0.2, 0.25) is 5.02 Å². The summed E-state index contributed by atoms with van der Waals surface area (Å²) >= 11 is 5.84. The lowest BCUT2D eigenvalue weighted by molar-refractivity contribution is -0.118. The Hall–Kier alpha value is -3.43. The smallest absolute Gasteiger partial charge is 0.265 e. The number of amides is 1. The van der Waals surface area contributed by atoms with Gasteiger partial charge in [-0.1, -0.05) is 23.7 Å². The number of benzene rings is 3. The standard InChI is InChI=1S/C22H21ClN2O6S/c1-29-18-5-3-4-6-19(18)31-14-22(26)24-17-11-12-20(30-2)21(13-17)32(27,28)25-16-9-7-15(23)8-10-16/h3-13,25H,14H2,1-2H3,(H,24,26). The van der Waals surface area contributed by atoms with Gasteiger partial charge in [-0.05, 0) is 54.6 Å². The fourth-order valence-corrected chi connectivity index (χ4v) is 4.15. The molecule has 0 bridgehead atoms. The van der Waals surface area contributed by atoms with Crippen molar-refractivity contribution >= 4 is 38.9 Å². The molecular formula is C22H21ClN2O6S. The van der Waals surface area contributed by atoms with E-state index in [0.29, 0.717) is 22.2 Å². The van der Waals surface area contributed by atoms with Crippen molar-refractivity contribution in [3.63, 3.8) is 0 Å². The van der Waals surface area contributed by atoms with Gasteiger partial charge >= 0.3 is 0 Å². The average molecular weight is 477 g/mol. The van der Waals surface area contributed by atoms with E-state index in [-0.39, 0.29) is 22.9 Å². The van der Waals surface area contributed by atoms with E-state index in [4.69, 9.17) is 25.8 Å². The second-order valence-electron chi connectivity index (χ2n) is 6.47. The Morgan fingerprint density at radius 3 is 2.16 bits per heavy atom. The highest BCUT2D eigenvalue weighted by molar-refractivity contribution is 7.92. The minimum Gasteiger partial charge on any atom is -0.495 e. The number of para-hydroxylation sites is 2. The van der Waals surface area contributed by atoms with Crippen molar-refractivity contribution in [3.05, 3.63) is 71.8 Å². The third-order valence-electron chi connectivity index (χ3n) is 4.26. The molecule has 0 saturated carbocycles. The lowest BCUT2D eigenvalue weighted by atomic mass is 10.3. The summed E-state index contributed by atoms with van der Waals surface area (Å²) in [7, 11) is -1.15. The molecule has 0 atom stereocenters. The van der Waals surface area contributed by atoms with Gasteiger partial charge in [-0.2, -0.15) is 0 Å². The van der Waals surface area contributed by atoms with Gasteiger partial charge < -0.3 is 19.5 Å². The lowest BCUT2D eigenvalue weighted by Crippen LogP contribution is -2.21. The highest BCUT2D eigenvalue weighted by Gasteiger charge is 2.21. The van der Waals surface area contributed by atoms with Gasteiger partial charge in [0, 0.05) is 16.4 Å². The maximum Gasteiger partial charge on any atom is 0.265 e. The topological polar surface area (TPSA) is 103 Å². The molecule has 1 amide bonds. The molecule has 0 aliphatic rings. The van der Waals surface area contributed by atoms with Crippen LogP contribution in [0.15, 0.2) is 71.6 Å². The number of hydrogen-bond donors (Lipinski definition) is 2. The third-order valence-corrected chi connectivity index (χ3v) is 5.92. The van der Waals surface area contributed by atoms with Crippen molar-refractivity contribution in [1.29, 1.82) is 0 Å². The van der Waals surface area contributed by atoms with Crippen LogP contribution in [0.1, 0.15) is 0 Å². The first kappa shape index (κ1) is 23.2. The molecule has 3 aromatic rings. The van der Waals surface area contributed by atoms with Crippen molar-refractivity contribution in [2.45, 2.75) is 4.90 Å². The highest BCUT2D eigenvalue weighted by Crippen LogP contribution is 2.29. The minimum atomic E-state index is -4.01. The Labute approximate surface area is 191 Å². The van der Waals surface area contributed by atoms with Gasteiger partial charge in [-0.15, -0.1) is 0 Å². The molecule has 2 N–H and O–H groups in total. The van der Waals surface area contributed by atoms with E-state index < -0.39 is 15.9 Å². The van der Waals surface area contributed by atoms with Crippen LogP contribution in [0, 0.1) is 0 Å². The fourth-order valence-electron chi connectivity index (χ4n) is 2.77.